The molecule has 1 saturated heterocycles. The van der Waals surface area contributed by atoms with Gasteiger partial charge in [-0.15, -0.1) is 0 Å². The molecule has 0 amide bonds. The van der Waals surface area contributed by atoms with Crippen LogP contribution < -0.4 is 5.32 Å². The van der Waals surface area contributed by atoms with Crippen molar-refractivity contribution in [2.24, 2.45) is 0 Å². The smallest absolute Gasteiger partial charge is 0.0955 e. The average Bonchev–Trinajstić information content (AvgIpc) is 2.75. The number of hydrogen-bond donors (Lipinski definition) is 1. The third-order valence-corrected chi connectivity index (χ3v) is 2.82. The third-order valence-electron chi connectivity index (χ3n) is 2.82. The summed E-state index contributed by atoms with van der Waals surface area (Å²) >= 11 is 0. The number of nitrogens with one attached hydrogen (secondary N) is 1. The molecule has 1 aromatic rings. The molecule has 78 valence electrons. The Morgan fingerprint density at radius 1 is 1.71 bits per heavy atom. The highest BCUT2D eigenvalue weighted by molar-refractivity contribution is 5.01. The number of aromatic nitrogens is 2. The van der Waals surface area contributed by atoms with Crippen LogP contribution in [0, 0.1) is 0 Å². The minimum atomic E-state index is 0.110. The predicted octanol–water partition coefficient (Wildman–Crippen LogP) is 0.738. The van der Waals surface area contributed by atoms with Crippen LogP contribution >= 0.6 is 0 Å². The molecular weight excluding hydrogens is 178 g/mol. The molecule has 0 aliphatic carbocycles. The highest BCUT2D eigenvalue weighted by atomic mass is 16.5. The van der Waals surface area contributed by atoms with Crippen LogP contribution in [0.4, 0.5) is 0 Å². The van der Waals surface area contributed by atoms with Crippen LogP contribution in [-0.2, 0) is 16.8 Å². The van der Waals surface area contributed by atoms with Crippen molar-refractivity contribution in [3.8, 4) is 0 Å². The second-order valence-electron chi connectivity index (χ2n) is 4.10. The van der Waals surface area contributed by atoms with Gasteiger partial charge < -0.3 is 14.6 Å². The van der Waals surface area contributed by atoms with Crippen LogP contribution in [0.5, 0.6) is 0 Å². The lowest BCUT2D eigenvalue weighted by molar-refractivity contribution is 0.161. The quantitative estimate of drug-likeness (QED) is 0.773. The van der Waals surface area contributed by atoms with Crippen molar-refractivity contribution >= 4 is 0 Å². The standard InChI is InChI=1S/C10H17N3O/c1-10(3-4-14-7-10)13-6-9(5-11-2)12-8-13/h6,8,11H,3-5,7H2,1-2H3. The zero-order chi connectivity index (χ0) is 10.0. The minimum Gasteiger partial charge on any atom is -0.379 e. The largest absolute Gasteiger partial charge is 0.379 e. The summed E-state index contributed by atoms with van der Waals surface area (Å²) in [5, 5.41) is 3.09. The maximum atomic E-state index is 5.42. The first-order chi connectivity index (χ1) is 6.74. The average molecular weight is 195 g/mol. The predicted molar refractivity (Wildman–Crippen MR) is 54.1 cm³/mol. The van der Waals surface area contributed by atoms with Gasteiger partial charge in [0.25, 0.3) is 0 Å². The highest BCUT2D eigenvalue weighted by Gasteiger charge is 2.31. The molecule has 1 unspecified atom stereocenters. The van der Waals surface area contributed by atoms with Gasteiger partial charge in [0, 0.05) is 19.3 Å². The van der Waals surface area contributed by atoms with Gasteiger partial charge in [0.1, 0.15) is 0 Å². The monoisotopic (exact) mass is 195 g/mol. The Morgan fingerprint density at radius 2 is 2.57 bits per heavy atom. The Kier molecular flexibility index (Phi) is 2.56. The van der Waals surface area contributed by atoms with Crippen LogP contribution in [-0.4, -0.2) is 29.8 Å². The molecule has 1 N–H and O–H groups in total. The lowest BCUT2D eigenvalue weighted by Gasteiger charge is -2.23. The van der Waals surface area contributed by atoms with Gasteiger partial charge in [0.05, 0.1) is 24.2 Å². The SMILES string of the molecule is CNCc1cn(C2(C)CCOC2)cn1. The summed E-state index contributed by atoms with van der Waals surface area (Å²) < 4.78 is 7.59. The fourth-order valence-corrected chi connectivity index (χ4v) is 1.79. The van der Waals surface area contributed by atoms with Gasteiger partial charge in [0.15, 0.2) is 0 Å². The maximum Gasteiger partial charge on any atom is 0.0955 e. The molecule has 4 nitrogen and oxygen atoms in total. The highest BCUT2D eigenvalue weighted by Crippen LogP contribution is 2.26. The first-order valence-corrected chi connectivity index (χ1v) is 5.00. The van der Waals surface area contributed by atoms with Gasteiger partial charge in [-0.05, 0) is 20.4 Å². The molecule has 1 atom stereocenters. The second kappa shape index (κ2) is 3.71. The molecule has 1 fully saturated rings. The van der Waals surface area contributed by atoms with Crippen LogP contribution in [0.15, 0.2) is 12.5 Å². The van der Waals surface area contributed by atoms with Crippen LogP contribution in [0.2, 0.25) is 0 Å². The van der Waals surface area contributed by atoms with E-state index >= 15 is 0 Å². The molecule has 0 spiro atoms. The molecule has 14 heavy (non-hydrogen) atoms. The van der Waals surface area contributed by atoms with E-state index in [1.54, 1.807) is 0 Å². The number of hydrogen-bond acceptors (Lipinski definition) is 3. The van der Waals surface area contributed by atoms with Crippen molar-refractivity contribution in [2.75, 3.05) is 20.3 Å². The molecule has 0 saturated carbocycles. The van der Waals surface area contributed by atoms with Gasteiger partial charge in [-0.3, -0.25) is 0 Å². The summed E-state index contributed by atoms with van der Waals surface area (Å²) in [7, 11) is 1.93. The topological polar surface area (TPSA) is 39.1 Å². The Labute approximate surface area is 84.3 Å². The Balaban J connectivity index is 2.15. The van der Waals surface area contributed by atoms with E-state index < -0.39 is 0 Å². The van der Waals surface area contributed by atoms with Gasteiger partial charge >= 0.3 is 0 Å². The molecule has 1 aromatic heterocycles. The van der Waals surface area contributed by atoms with Gasteiger partial charge in [-0.1, -0.05) is 0 Å². The van der Waals surface area contributed by atoms with E-state index in [1.807, 2.05) is 13.4 Å². The van der Waals surface area contributed by atoms with E-state index in [2.05, 4.69) is 28.0 Å². The summed E-state index contributed by atoms with van der Waals surface area (Å²) in [4.78, 5) is 4.34. The molecule has 2 rings (SSSR count). The second-order valence-corrected chi connectivity index (χ2v) is 4.10. The molecular formula is C10H17N3O. The van der Waals surface area contributed by atoms with E-state index in [1.165, 1.54) is 0 Å². The summed E-state index contributed by atoms with van der Waals surface area (Å²) in [6.07, 6.45) is 5.08. The maximum absolute atomic E-state index is 5.42. The minimum absolute atomic E-state index is 0.110. The normalized spacial score (nSPS) is 27.0. The number of nitrogens with zero attached hydrogens (tertiary/aromatic N) is 2. The van der Waals surface area contributed by atoms with E-state index in [4.69, 9.17) is 4.74 Å². The fraction of sp³-hybridized carbons (Fsp3) is 0.700. The molecule has 0 bridgehead atoms. The van der Waals surface area contributed by atoms with Crippen molar-refractivity contribution in [1.82, 2.24) is 14.9 Å². The van der Waals surface area contributed by atoms with Crippen molar-refractivity contribution in [2.45, 2.75) is 25.4 Å². The van der Waals surface area contributed by atoms with Crippen molar-refractivity contribution in [3.05, 3.63) is 18.2 Å². The van der Waals surface area contributed by atoms with E-state index in [0.717, 1.165) is 31.9 Å². The van der Waals surface area contributed by atoms with Gasteiger partial charge in [0.2, 0.25) is 0 Å². The zero-order valence-corrected chi connectivity index (χ0v) is 8.79. The first-order valence-electron chi connectivity index (χ1n) is 5.00. The number of rotatable bonds is 3. The molecule has 1 aliphatic heterocycles. The van der Waals surface area contributed by atoms with Crippen molar-refractivity contribution < 1.29 is 4.74 Å². The van der Waals surface area contributed by atoms with Crippen molar-refractivity contribution in [3.63, 3.8) is 0 Å². The molecule has 0 aromatic carbocycles. The van der Waals surface area contributed by atoms with Gasteiger partial charge in [-0.25, -0.2) is 4.98 Å². The molecule has 4 heteroatoms. The van der Waals surface area contributed by atoms with Crippen molar-refractivity contribution in [1.29, 1.82) is 0 Å². The zero-order valence-electron chi connectivity index (χ0n) is 8.79. The summed E-state index contributed by atoms with van der Waals surface area (Å²) in [5.41, 5.74) is 1.19. The third kappa shape index (κ3) is 1.67. The Bertz CT molecular complexity index is 302. The molecule has 1 aliphatic rings. The summed E-state index contributed by atoms with van der Waals surface area (Å²) in [6.45, 7) is 4.69. The number of ether oxygens (including phenoxy) is 1. The Hall–Kier alpha value is -0.870. The van der Waals surface area contributed by atoms with E-state index in [0.29, 0.717) is 0 Å². The fourth-order valence-electron chi connectivity index (χ4n) is 1.79. The van der Waals surface area contributed by atoms with Gasteiger partial charge in [-0.2, -0.15) is 0 Å². The number of imidazole rings is 1. The molecule has 0 radical (unpaired) electrons. The lowest BCUT2D eigenvalue weighted by atomic mass is 10.0. The van der Waals surface area contributed by atoms with Crippen LogP contribution in [0.25, 0.3) is 0 Å². The Morgan fingerprint density at radius 3 is 3.21 bits per heavy atom. The van der Waals surface area contributed by atoms with Crippen LogP contribution in [0.1, 0.15) is 19.0 Å². The van der Waals surface area contributed by atoms with E-state index in [9.17, 15) is 0 Å². The van der Waals surface area contributed by atoms with Crippen LogP contribution in [0.3, 0.4) is 0 Å². The summed E-state index contributed by atoms with van der Waals surface area (Å²) in [5.74, 6) is 0. The first kappa shape index (κ1) is 9.68. The summed E-state index contributed by atoms with van der Waals surface area (Å²) in [6, 6.07) is 0. The lowest BCUT2D eigenvalue weighted by Crippen LogP contribution is -2.29. The molecule has 2 heterocycles. The van der Waals surface area contributed by atoms with E-state index in [-0.39, 0.29) is 5.54 Å².